The van der Waals surface area contributed by atoms with Gasteiger partial charge in [0.1, 0.15) is 0 Å². The summed E-state index contributed by atoms with van der Waals surface area (Å²) in [6.45, 7) is 1.53. The van der Waals surface area contributed by atoms with Gasteiger partial charge in [-0.3, -0.25) is 0 Å². The quantitative estimate of drug-likeness (QED) is 0.583. The highest BCUT2D eigenvalue weighted by Crippen LogP contribution is 2.08. The predicted octanol–water partition coefficient (Wildman–Crippen LogP) is -0.993. The van der Waals surface area contributed by atoms with Crippen LogP contribution < -0.4 is 16.7 Å². The van der Waals surface area contributed by atoms with Gasteiger partial charge in [0.15, 0.2) is 0 Å². The van der Waals surface area contributed by atoms with Gasteiger partial charge in [-0.15, -0.1) is 0 Å². The first-order chi connectivity index (χ1) is 6.77. The number of nitrogens with zero attached hydrogens (tertiary/aromatic N) is 1. The minimum Gasteiger partial charge on any atom is -0.314 e. The van der Waals surface area contributed by atoms with Crippen LogP contribution in [0.2, 0.25) is 0 Å². The van der Waals surface area contributed by atoms with Crippen molar-refractivity contribution in [3.8, 4) is 0 Å². The van der Waals surface area contributed by atoms with E-state index in [1.165, 1.54) is 11.0 Å². The fourth-order valence-electron chi connectivity index (χ4n) is 1.83. The molecule has 1 aliphatic heterocycles. The van der Waals surface area contributed by atoms with Crippen LogP contribution in [0.4, 0.5) is 0 Å². The SMILES string of the molecule is O=c1[nH][nH]c(=O)n1CCC1CCCN1. The molecule has 0 spiro atoms. The van der Waals surface area contributed by atoms with Gasteiger partial charge in [-0.1, -0.05) is 0 Å². The second kappa shape index (κ2) is 3.83. The zero-order valence-corrected chi connectivity index (χ0v) is 7.88. The molecule has 1 aromatic heterocycles. The Morgan fingerprint density at radius 3 is 2.57 bits per heavy atom. The molecule has 1 unspecified atom stereocenters. The summed E-state index contributed by atoms with van der Waals surface area (Å²) < 4.78 is 1.19. The molecule has 0 amide bonds. The highest BCUT2D eigenvalue weighted by molar-refractivity contribution is 4.75. The van der Waals surface area contributed by atoms with E-state index >= 15 is 0 Å². The summed E-state index contributed by atoms with van der Waals surface area (Å²) in [5.74, 6) is 0. The number of hydrogen-bond acceptors (Lipinski definition) is 3. The first-order valence-corrected chi connectivity index (χ1v) is 4.88. The number of hydrogen-bond donors (Lipinski definition) is 3. The maximum atomic E-state index is 11.1. The summed E-state index contributed by atoms with van der Waals surface area (Å²) in [5.41, 5.74) is -0.707. The minimum absolute atomic E-state index is 0.354. The molecular weight excluding hydrogens is 184 g/mol. The van der Waals surface area contributed by atoms with Crippen molar-refractivity contribution in [1.29, 1.82) is 0 Å². The largest absolute Gasteiger partial charge is 0.344 e. The molecule has 1 fully saturated rings. The number of nitrogens with one attached hydrogen (secondary N) is 3. The number of aromatic nitrogens is 3. The molecule has 0 radical (unpaired) electrons. The number of rotatable bonds is 3. The number of H-pyrrole nitrogens is 2. The van der Waals surface area contributed by atoms with Gasteiger partial charge in [0.05, 0.1) is 0 Å². The topological polar surface area (TPSA) is 82.7 Å². The van der Waals surface area contributed by atoms with Crippen LogP contribution >= 0.6 is 0 Å². The van der Waals surface area contributed by atoms with E-state index in [-0.39, 0.29) is 11.4 Å². The van der Waals surface area contributed by atoms with Crippen molar-refractivity contribution in [2.45, 2.75) is 31.8 Å². The normalized spacial score (nSPS) is 21.6. The summed E-state index contributed by atoms with van der Waals surface area (Å²) in [7, 11) is 0. The molecule has 0 aromatic carbocycles. The average molecular weight is 198 g/mol. The first kappa shape index (κ1) is 9.26. The van der Waals surface area contributed by atoms with Crippen LogP contribution in [0.25, 0.3) is 0 Å². The lowest BCUT2D eigenvalue weighted by Crippen LogP contribution is -2.30. The number of aromatic amines is 2. The van der Waals surface area contributed by atoms with Crippen molar-refractivity contribution in [1.82, 2.24) is 20.1 Å². The Hall–Kier alpha value is -1.30. The second-order valence-electron chi connectivity index (χ2n) is 3.59. The molecule has 3 N–H and O–H groups in total. The van der Waals surface area contributed by atoms with Gasteiger partial charge < -0.3 is 5.32 Å². The maximum absolute atomic E-state index is 11.1. The molecule has 2 rings (SSSR count). The molecule has 1 saturated heterocycles. The lowest BCUT2D eigenvalue weighted by Gasteiger charge is -2.08. The van der Waals surface area contributed by atoms with Gasteiger partial charge in [0, 0.05) is 12.6 Å². The minimum atomic E-state index is -0.354. The monoisotopic (exact) mass is 198 g/mol. The molecular formula is C8H14N4O2. The van der Waals surface area contributed by atoms with E-state index in [1.807, 2.05) is 0 Å². The van der Waals surface area contributed by atoms with E-state index in [4.69, 9.17) is 0 Å². The van der Waals surface area contributed by atoms with Crippen molar-refractivity contribution in [2.24, 2.45) is 0 Å². The van der Waals surface area contributed by atoms with E-state index < -0.39 is 0 Å². The van der Waals surface area contributed by atoms with Crippen LogP contribution in [-0.4, -0.2) is 27.4 Å². The van der Waals surface area contributed by atoms with Crippen molar-refractivity contribution < 1.29 is 0 Å². The molecule has 0 saturated carbocycles. The standard InChI is InChI=1S/C8H14N4O2/c13-7-10-11-8(14)12(7)5-3-6-2-1-4-9-6/h6,9H,1-5H2,(H,10,13)(H,11,14). The van der Waals surface area contributed by atoms with Crippen LogP contribution in [0, 0.1) is 0 Å². The summed E-state index contributed by atoms with van der Waals surface area (Å²) in [6, 6.07) is 0.455. The average Bonchev–Trinajstić information content (AvgIpc) is 2.76. The van der Waals surface area contributed by atoms with Gasteiger partial charge in [-0.2, -0.15) is 0 Å². The molecule has 78 valence electrons. The van der Waals surface area contributed by atoms with Crippen LogP contribution in [0.3, 0.4) is 0 Å². The predicted molar refractivity (Wildman–Crippen MR) is 51.3 cm³/mol. The molecule has 0 aliphatic carbocycles. The van der Waals surface area contributed by atoms with E-state index in [9.17, 15) is 9.59 Å². The lowest BCUT2D eigenvalue weighted by molar-refractivity contribution is 0.492. The van der Waals surface area contributed by atoms with Gasteiger partial charge in [-0.05, 0) is 25.8 Å². The third-order valence-electron chi connectivity index (χ3n) is 2.63. The van der Waals surface area contributed by atoms with Gasteiger partial charge in [0.2, 0.25) is 0 Å². The molecule has 2 heterocycles. The smallest absolute Gasteiger partial charge is 0.314 e. The zero-order valence-electron chi connectivity index (χ0n) is 7.88. The summed E-state index contributed by atoms with van der Waals surface area (Å²) in [5, 5.41) is 7.84. The van der Waals surface area contributed by atoms with E-state index in [0.717, 1.165) is 19.4 Å². The fraction of sp³-hybridized carbons (Fsp3) is 0.750. The molecule has 14 heavy (non-hydrogen) atoms. The summed E-state index contributed by atoms with van der Waals surface area (Å²) in [4.78, 5) is 22.2. The van der Waals surface area contributed by atoms with Crippen LogP contribution in [0.1, 0.15) is 19.3 Å². The summed E-state index contributed by atoms with van der Waals surface area (Å²) >= 11 is 0. The van der Waals surface area contributed by atoms with Gasteiger partial charge in [-0.25, -0.2) is 24.4 Å². The Balaban J connectivity index is 1.97. The zero-order chi connectivity index (χ0) is 9.97. The maximum Gasteiger partial charge on any atom is 0.344 e. The van der Waals surface area contributed by atoms with Gasteiger partial charge in [0.25, 0.3) is 0 Å². The Morgan fingerprint density at radius 1 is 1.29 bits per heavy atom. The Morgan fingerprint density at radius 2 is 2.00 bits per heavy atom. The third kappa shape index (κ3) is 1.79. The second-order valence-corrected chi connectivity index (χ2v) is 3.59. The Bertz CT molecular complexity index is 368. The highest BCUT2D eigenvalue weighted by atomic mass is 16.2. The fourth-order valence-corrected chi connectivity index (χ4v) is 1.83. The van der Waals surface area contributed by atoms with Crippen LogP contribution in [0.5, 0.6) is 0 Å². The molecule has 0 bridgehead atoms. The Labute approximate surface area is 80.3 Å². The van der Waals surface area contributed by atoms with Crippen molar-refractivity contribution in [3.63, 3.8) is 0 Å². The van der Waals surface area contributed by atoms with Gasteiger partial charge >= 0.3 is 11.4 Å². The molecule has 6 nitrogen and oxygen atoms in total. The molecule has 1 aliphatic rings. The van der Waals surface area contributed by atoms with Crippen molar-refractivity contribution in [2.75, 3.05) is 6.54 Å². The molecule has 1 atom stereocenters. The molecule has 1 aromatic rings. The lowest BCUT2D eigenvalue weighted by atomic mass is 10.1. The van der Waals surface area contributed by atoms with Crippen molar-refractivity contribution >= 4 is 0 Å². The molecule has 6 heteroatoms. The first-order valence-electron chi connectivity index (χ1n) is 4.88. The van der Waals surface area contributed by atoms with Crippen molar-refractivity contribution in [3.05, 3.63) is 21.0 Å². The van der Waals surface area contributed by atoms with E-state index in [2.05, 4.69) is 15.5 Å². The van der Waals surface area contributed by atoms with Crippen LogP contribution in [0.15, 0.2) is 9.59 Å². The Kier molecular flexibility index (Phi) is 2.53. The summed E-state index contributed by atoms with van der Waals surface area (Å²) in [6.07, 6.45) is 3.15. The third-order valence-corrected chi connectivity index (χ3v) is 2.63. The van der Waals surface area contributed by atoms with E-state index in [0.29, 0.717) is 12.6 Å². The highest BCUT2D eigenvalue weighted by Gasteiger charge is 2.14. The van der Waals surface area contributed by atoms with E-state index in [1.54, 1.807) is 0 Å². The van der Waals surface area contributed by atoms with Crippen LogP contribution in [-0.2, 0) is 6.54 Å².